The first-order chi connectivity index (χ1) is 29.3. The fourth-order valence-corrected chi connectivity index (χ4v) is 11.5. The Balaban J connectivity index is 1.15. The van der Waals surface area contributed by atoms with Crippen LogP contribution in [0.5, 0.6) is 0 Å². The molecule has 0 unspecified atom stereocenters. The van der Waals surface area contributed by atoms with Gasteiger partial charge in [0.1, 0.15) is 0 Å². The molecular weight excluding hydrogens is 710 g/mol. The summed E-state index contributed by atoms with van der Waals surface area (Å²) in [4.78, 5) is 2.50. The number of nitrogens with zero attached hydrogens (tertiary/aromatic N) is 2. The number of hydrogen-bond acceptors (Lipinski definition) is 1. The van der Waals surface area contributed by atoms with E-state index in [1.165, 1.54) is 99.6 Å². The van der Waals surface area contributed by atoms with Crippen LogP contribution in [-0.2, 0) is 5.41 Å². The number of anilines is 3. The predicted molar refractivity (Wildman–Crippen MR) is 250 cm³/mol. The zero-order chi connectivity index (χ0) is 38.7. The Morgan fingerprint density at radius 1 is 0.322 bits per heavy atom. The molecule has 13 rings (SSSR count). The van der Waals surface area contributed by atoms with Gasteiger partial charge in [0.15, 0.2) is 0 Å². The van der Waals surface area contributed by atoms with Crippen molar-refractivity contribution in [3.63, 3.8) is 0 Å². The number of benzene rings is 9. The monoisotopic (exact) mass is 746 g/mol. The third kappa shape index (κ3) is 4.28. The van der Waals surface area contributed by atoms with Gasteiger partial charge in [-0.15, -0.1) is 0 Å². The third-order valence-electron chi connectivity index (χ3n) is 13.6. The molecule has 1 spiro atoms. The quantitative estimate of drug-likeness (QED) is 0.165. The maximum Gasteiger partial charge on any atom is 0.247 e. The van der Waals surface area contributed by atoms with Crippen molar-refractivity contribution in [1.29, 1.82) is 0 Å². The molecule has 59 heavy (non-hydrogen) atoms. The van der Waals surface area contributed by atoms with Crippen molar-refractivity contribution in [1.82, 2.24) is 4.57 Å². The minimum absolute atomic E-state index is 0.00512. The first-order valence-corrected chi connectivity index (χ1v) is 20.8. The molecular formula is C55H36B2N2. The van der Waals surface area contributed by atoms with E-state index in [1.807, 2.05) is 0 Å². The van der Waals surface area contributed by atoms with E-state index in [9.17, 15) is 0 Å². The van der Waals surface area contributed by atoms with Gasteiger partial charge in [0.25, 0.3) is 0 Å². The molecule has 3 aliphatic rings. The number of hydrogen-bond donors (Lipinski definition) is 0. The van der Waals surface area contributed by atoms with Crippen LogP contribution in [0.3, 0.4) is 0 Å². The second-order valence-corrected chi connectivity index (χ2v) is 16.3. The number of fused-ring (bicyclic) bond motifs is 13. The average Bonchev–Trinajstić information content (AvgIpc) is 3.65. The zero-order valence-electron chi connectivity index (χ0n) is 32.3. The summed E-state index contributed by atoms with van der Waals surface area (Å²) in [6, 6.07) is 81.9. The summed E-state index contributed by atoms with van der Waals surface area (Å²) in [5, 5.41) is 2.55. The molecule has 0 fully saturated rings. The molecule has 0 N–H and O–H groups in total. The van der Waals surface area contributed by atoms with E-state index in [4.69, 9.17) is 0 Å². The lowest BCUT2D eigenvalue weighted by atomic mass is 9.25. The van der Waals surface area contributed by atoms with Gasteiger partial charge >= 0.3 is 0 Å². The Labute approximate surface area is 344 Å². The maximum absolute atomic E-state index is 2.50. The van der Waals surface area contributed by atoms with Crippen molar-refractivity contribution in [2.24, 2.45) is 0 Å². The molecule has 10 aromatic rings. The molecule has 4 heteroatoms. The van der Waals surface area contributed by atoms with Crippen LogP contribution in [0, 0.1) is 0 Å². The molecule has 0 radical (unpaired) electrons. The first-order valence-electron chi connectivity index (χ1n) is 20.8. The zero-order valence-corrected chi connectivity index (χ0v) is 32.3. The van der Waals surface area contributed by atoms with Gasteiger partial charge in [-0.2, -0.15) is 0 Å². The molecule has 0 aliphatic carbocycles. The summed E-state index contributed by atoms with van der Waals surface area (Å²) in [5.41, 5.74) is 20.3. The lowest BCUT2D eigenvalue weighted by Crippen LogP contribution is -2.69. The van der Waals surface area contributed by atoms with Crippen molar-refractivity contribution in [3.8, 4) is 5.69 Å². The molecule has 0 saturated carbocycles. The van der Waals surface area contributed by atoms with Gasteiger partial charge in [0.05, 0.1) is 10.9 Å². The highest BCUT2D eigenvalue weighted by Crippen LogP contribution is 2.49. The van der Waals surface area contributed by atoms with E-state index in [2.05, 4.69) is 228 Å². The molecule has 2 nitrogen and oxygen atoms in total. The van der Waals surface area contributed by atoms with Crippen molar-refractivity contribution in [2.45, 2.75) is 5.41 Å². The largest absolute Gasteiger partial charge is 0.312 e. The summed E-state index contributed by atoms with van der Waals surface area (Å²) in [6.45, 7) is 0.0843. The van der Waals surface area contributed by atoms with Crippen molar-refractivity contribution in [2.75, 3.05) is 4.90 Å². The second kappa shape index (κ2) is 12.4. The summed E-state index contributed by atoms with van der Waals surface area (Å²) >= 11 is 0. The van der Waals surface area contributed by atoms with E-state index >= 15 is 0 Å². The topological polar surface area (TPSA) is 8.17 Å². The van der Waals surface area contributed by atoms with Gasteiger partial charge in [-0.3, -0.25) is 0 Å². The SMILES string of the molecule is c1ccc(N2c3ccccc3B3c4ccccc4C4(c5ccccc5B(c5cccc6c7ccccc7n(-c7ccccc7)c56)c5ccccc54)c4cccc2c43)cc1. The van der Waals surface area contributed by atoms with E-state index in [0.717, 1.165) is 0 Å². The third-order valence-corrected chi connectivity index (χ3v) is 13.6. The molecule has 0 atom stereocenters. The standard InChI is InChI=1S/C55H36B2N2/c1-3-19-37(20-4-1)58-51-35-16-14-32-48(51)57-47-31-13-10-27-43(47)55(44-28-18-36-52(58)53(44)57)41-25-8-11-29-45(41)56(46-30-12-9-26-42(46)55)49-33-17-24-40-39-23-7-15-34-50(39)59(54(40)49)38-21-5-2-6-22-38/h1-36H. The smallest absolute Gasteiger partial charge is 0.247 e. The molecule has 4 heterocycles. The Hall–Kier alpha value is -7.29. The molecule has 9 aromatic carbocycles. The van der Waals surface area contributed by atoms with Crippen molar-refractivity contribution in [3.05, 3.63) is 241 Å². The number of rotatable bonds is 3. The fourth-order valence-electron chi connectivity index (χ4n) is 11.5. The maximum atomic E-state index is 2.50. The summed E-state index contributed by atoms with van der Waals surface area (Å²) in [6.07, 6.45) is 0. The normalized spacial score (nSPS) is 14.1. The fraction of sp³-hybridized carbons (Fsp3) is 0.0182. The highest BCUT2D eigenvalue weighted by Gasteiger charge is 2.55. The molecule has 0 amide bonds. The van der Waals surface area contributed by atoms with Crippen LogP contribution in [0.2, 0.25) is 0 Å². The molecule has 272 valence electrons. The highest BCUT2D eigenvalue weighted by molar-refractivity contribution is 7.00. The summed E-state index contributed by atoms with van der Waals surface area (Å²) in [7, 11) is 0. The highest BCUT2D eigenvalue weighted by atomic mass is 15.1. The van der Waals surface area contributed by atoms with Gasteiger partial charge in [-0.25, -0.2) is 0 Å². The lowest BCUT2D eigenvalue weighted by Gasteiger charge is -2.51. The Morgan fingerprint density at radius 3 is 1.49 bits per heavy atom. The van der Waals surface area contributed by atoms with Crippen LogP contribution in [0.25, 0.3) is 27.5 Å². The van der Waals surface area contributed by atoms with E-state index < -0.39 is 5.41 Å². The summed E-state index contributed by atoms with van der Waals surface area (Å²) in [5.74, 6) is 0. The molecule has 3 aliphatic heterocycles. The minimum Gasteiger partial charge on any atom is -0.312 e. The van der Waals surface area contributed by atoms with Gasteiger partial charge in [0.2, 0.25) is 13.4 Å². The molecule has 0 bridgehead atoms. The predicted octanol–water partition coefficient (Wildman–Crippen LogP) is 8.61. The van der Waals surface area contributed by atoms with Crippen LogP contribution in [-0.4, -0.2) is 18.0 Å². The number of para-hydroxylation sites is 5. The van der Waals surface area contributed by atoms with E-state index in [-0.39, 0.29) is 13.4 Å². The first kappa shape index (κ1) is 32.8. The van der Waals surface area contributed by atoms with Crippen LogP contribution in [0.15, 0.2) is 218 Å². The Morgan fingerprint density at radius 2 is 0.797 bits per heavy atom. The molecule has 0 saturated heterocycles. The minimum atomic E-state index is -0.559. The van der Waals surface area contributed by atoms with Crippen LogP contribution < -0.4 is 37.7 Å². The van der Waals surface area contributed by atoms with Crippen molar-refractivity contribution >= 4 is 85.1 Å². The Kier molecular flexibility index (Phi) is 6.86. The Bertz CT molecular complexity index is 3270. The lowest BCUT2D eigenvalue weighted by molar-refractivity contribution is 0.757. The molecule has 1 aromatic heterocycles. The average molecular weight is 747 g/mol. The van der Waals surface area contributed by atoms with Crippen LogP contribution in [0.1, 0.15) is 22.3 Å². The van der Waals surface area contributed by atoms with Crippen molar-refractivity contribution < 1.29 is 0 Å². The number of aromatic nitrogens is 1. The van der Waals surface area contributed by atoms with Gasteiger partial charge in [-0.05, 0) is 81.1 Å². The summed E-state index contributed by atoms with van der Waals surface area (Å²) < 4.78 is 2.50. The van der Waals surface area contributed by atoms with Gasteiger partial charge < -0.3 is 9.47 Å². The van der Waals surface area contributed by atoms with E-state index in [1.54, 1.807) is 0 Å². The van der Waals surface area contributed by atoms with E-state index in [0.29, 0.717) is 0 Å². The van der Waals surface area contributed by atoms with Crippen LogP contribution >= 0.6 is 0 Å². The van der Waals surface area contributed by atoms with Gasteiger partial charge in [0, 0.05) is 39.0 Å². The second-order valence-electron chi connectivity index (χ2n) is 16.3. The van der Waals surface area contributed by atoms with Gasteiger partial charge in [-0.1, -0.05) is 192 Å². The van der Waals surface area contributed by atoms with Crippen LogP contribution in [0.4, 0.5) is 17.1 Å².